The molecule has 0 aliphatic heterocycles. The fourth-order valence-corrected chi connectivity index (χ4v) is 3.73. The first kappa shape index (κ1) is 15.5. The minimum absolute atomic E-state index is 0.00848. The monoisotopic (exact) mass is 301 g/mol. The molecule has 0 spiro atoms. The molecule has 0 aromatic carbocycles. The Bertz CT molecular complexity index is 545. The minimum atomic E-state index is -3.64. The van der Waals surface area contributed by atoms with E-state index in [9.17, 15) is 13.5 Å². The van der Waals surface area contributed by atoms with Crippen LogP contribution in [0.3, 0.4) is 0 Å². The van der Waals surface area contributed by atoms with Gasteiger partial charge in [-0.3, -0.25) is 0 Å². The van der Waals surface area contributed by atoms with Crippen LogP contribution in [0.5, 0.6) is 0 Å². The number of sulfonamides is 1. The van der Waals surface area contributed by atoms with Gasteiger partial charge in [-0.1, -0.05) is 13.3 Å². The highest BCUT2D eigenvalue weighted by molar-refractivity contribution is 7.89. The molecule has 0 atom stereocenters. The highest BCUT2D eigenvalue weighted by Crippen LogP contribution is 2.33. The van der Waals surface area contributed by atoms with Gasteiger partial charge in [-0.15, -0.1) is 0 Å². The number of nitrogens with zero attached hydrogens (tertiary/aromatic N) is 2. The van der Waals surface area contributed by atoms with Crippen LogP contribution in [0.1, 0.15) is 39.0 Å². The lowest BCUT2D eigenvalue weighted by Gasteiger charge is -2.35. The highest BCUT2D eigenvalue weighted by atomic mass is 32.2. The maximum Gasteiger partial charge on any atom is 0.259 e. The molecule has 0 bridgehead atoms. The smallest absolute Gasteiger partial charge is 0.259 e. The number of hydrogen-bond acceptors (Lipinski definition) is 4. The number of aromatic nitrogens is 2. The van der Waals surface area contributed by atoms with Gasteiger partial charge in [0.25, 0.3) is 10.0 Å². The molecule has 20 heavy (non-hydrogen) atoms. The molecule has 1 aliphatic carbocycles. The van der Waals surface area contributed by atoms with E-state index in [2.05, 4.69) is 16.6 Å². The van der Waals surface area contributed by atoms with Crippen molar-refractivity contribution in [1.82, 2.24) is 14.3 Å². The molecule has 2 N–H and O–H groups in total. The molecule has 1 aromatic heterocycles. The van der Waals surface area contributed by atoms with Crippen molar-refractivity contribution in [2.45, 2.75) is 49.7 Å². The zero-order chi connectivity index (χ0) is 14.8. The van der Waals surface area contributed by atoms with E-state index in [4.69, 9.17) is 0 Å². The molecule has 1 aliphatic rings. The summed E-state index contributed by atoms with van der Waals surface area (Å²) in [5.41, 5.74) is -0.923. The third-order valence-electron chi connectivity index (χ3n) is 4.16. The molecule has 6 nitrogen and oxygen atoms in total. The second-order valence-electron chi connectivity index (χ2n) is 5.78. The minimum Gasteiger partial charge on any atom is -0.389 e. The summed E-state index contributed by atoms with van der Waals surface area (Å²) >= 11 is 0. The van der Waals surface area contributed by atoms with Crippen LogP contribution in [0.2, 0.25) is 0 Å². The van der Waals surface area contributed by atoms with Crippen LogP contribution in [-0.4, -0.2) is 35.2 Å². The normalized spacial score (nSPS) is 27.6. The van der Waals surface area contributed by atoms with Gasteiger partial charge in [0, 0.05) is 19.8 Å². The lowest BCUT2D eigenvalue weighted by molar-refractivity contribution is -0.00443. The van der Waals surface area contributed by atoms with Crippen molar-refractivity contribution >= 4 is 10.0 Å². The first-order valence-corrected chi connectivity index (χ1v) is 8.53. The Morgan fingerprint density at radius 1 is 1.50 bits per heavy atom. The van der Waals surface area contributed by atoms with Crippen LogP contribution in [0.15, 0.2) is 17.6 Å². The molecule has 0 amide bonds. The van der Waals surface area contributed by atoms with E-state index in [1.807, 2.05) is 0 Å². The average Bonchev–Trinajstić information content (AvgIpc) is 2.85. The molecule has 0 radical (unpaired) electrons. The Balaban J connectivity index is 1.95. The topological polar surface area (TPSA) is 84.2 Å². The summed E-state index contributed by atoms with van der Waals surface area (Å²) in [5.74, 6) is 0.655. The Morgan fingerprint density at radius 2 is 2.15 bits per heavy atom. The molecule has 114 valence electrons. The molecular formula is C13H23N3O3S. The second-order valence-corrected chi connectivity index (χ2v) is 7.49. The Morgan fingerprint density at radius 3 is 2.65 bits per heavy atom. The highest BCUT2D eigenvalue weighted by Gasteiger charge is 2.34. The van der Waals surface area contributed by atoms with E-state index in [0.717, 1.165) is 19.3 Å². The molecule has 1 heterocycles. The third kappa shape index (κ3) is 3.59. The lowest BCUT2D eigenvalue weighted by Crippen LogP contribution is -2.45. The van der Waals surface area contributed by atoms with Gasteiger partial charge in [0.2, 0.25) is 0 Å². The predicted octanol–water partition coefficient (Wildman–Crippen LogP) is 1.03. The van der Waals surface area contributed by atoms with Crippen LogP contribution in [0, 0.1) is 5.92 Å². The maximum atomic E-state index is 12.1. The SMILES string of the molecule is CCC1CCC(O)(CNS(=O)(=O)c2cn(C)cn2)CC1. The zero-order valence-electron chi connectivity index (χ0n) is 12.0. The van der Waals surface area contributed by atoms with Gasteiger partial charge in [0.15, 0.2) is 5.03 Å². The summed E-state index contributed by atoms with van der Waals surface area (Å²) in [4.78, 5) is 3.83. The predicted molar refractivity (Wildman–Crippen MR) is 75.6 cm³/mol. The van der Waals surface area contributed by atoms with Crippen LogP contribution in [0.4, 0.5) is 0 Å². The fraction of sp³-hybridized carbons (Fsp3) is 0.769. The zero-order valence-corrected chi connectivity index (χ0v) is 12.9. The fourth-order valence-electron chi connectivity index (χ4n) is 2.63. The molecule has 1 saturated carbocycles. The summed E-state index contributed by atoms with van der Waals surface area (Å²) in [7, 11) is -1.92. The van der Waals surface area contributed by atoms with Gasteiger partial charge in [0.1, 0.15) is 0 Å². The van der Waals surface area contributed by atoms with Crippen molar-refractivity contribution < 1.29 is 13.5 Å². The largest absolute Gasteiger partial charge is 0.389 e. The first-order valence-electron chi connectivity index (χ1n) is 7.05. The van der Waals surface area contributed by atoms with Crippen molar-refractivity contribution in [2.24, 2.45) is 13.0 Å². The van der Waals surface area contributed by atoms with Crippen molar-refractivity contribution in [3.63, 3.8) is 0 Å². The summed E-state index contributed by atoms with van der Waals surface area (Å²) in [6, 6.07) is 0. The van der Waals surface area contributed by atoms with E-state index in [0.29, 0.717) is 18.8 Å². The van der Waals surface area contributed by atoms with Crippen LogP contribution in [-0.2, 0) is 17.1 Å². The second kappa shape index (κ2) is 5.83. The number of aliphatic hydroxyl groups is 1. The number of hydrogen-bond donors (Lipinski definition) is 2. The van der Waals surface area contributed by atoms with Crippen LogP contribution in [0.25, 0.3) is 0 Å². The standard InChI is InChI=1S/C13H23N3O3S/c1-3-11-4-6-13(17,7-5-11)9-15-20(18,19)12-8-16(2)10-14-12/h8,10-11,15,17H,3-7,9H2,1-2H3. The summed E-state index contributed by atoms with van der Waals surface area (Å²) in [5, 5.41) is 10.4. The lowest BCUT2D eigenvalue weighted by atomic mass is 9.78. The van der Waals surface area contributed by atoms with E-state index in [-0.39, 0.29) is 11.6 Å². The average molecular weight is 301 g/mol. The van der Waals surface area contributed by atoms with Gasteiger partial charge in [0.05, 0.1) is 11.9 Å². The van der Waals surface area contributed by atoms with E-state index in [1.165, 1.54) is 12.5 Å². The van der Waals surface area contributed by atoms with E-state index >= 15 is 0 Å². The van der Waals surface area contributed by atoms with Gasteiger partial charge >= 0.3 is 0 Å². The molecular weight excluding hydrogens is 278 g/mol. The van der Waals surface area contributed by atoms with Gasteiger partial charge in [-0.25, -0.2) is 18.1 Å². The molecule has 0 saturated heterocycles. The van der Waals surface area contributed by atoms with Gasteiger partial charge < -0.3 is 9.67 Å². The van der Waals surface area contributed by atoms with Crippen molar-refractivity contribution in [3.05, 3.63) is 12.5 Å². The van der Waals surface area contributed by atoms with Crippen molar-refractivity contribution in [3.8, 4) is 0 Å². The summed E-state index contributed by atoms with van der Waals surface area (Å²) < 4.78 is 28.2. The Labute approximate surface area is 120 Å². The molecule has 0 unspecified atom stereocenters. The number of imidazole rings is 1. The maximum absolute atomic E-state index is 12.1. The van der Waals surface area contributed by atoms with Gasteiger partial charge in [-0.05, 0) is 31.6 Å². The van der Waals surface area contributed by atoms with Gasteiger partial charge in [-0.2, -0.15) is 0 Å². The first-order chi connectivity index (χ1) is 9.35. The van der Waals surface area contributed by atoms with E-state index < -0.39 is 15.6 Å². The number of rotatable bonds is 5. The molecule has 1 aromatic rings. The number of aryl methyl sites for hydroxylation is 1. The Kier molecular flexibility index (Phi) is 4.51. The molecule has 1 fully saturated rings. The van der Waals surface area contributed by atoms with Crippen molar-refractivity contribution in [1.29, 1.82) is 0 Å². The van der Waals surface area contributed by atoms with Crippen LogP contribution < -0.4 is 4.72 Å². The summed E-state index contributed by atoms with van der Waals surface area (Å²) in [6.07, 6.45) is 7.22. The summed E-state index contributed by atoms with van der Waals surface area (Å²) in [6.45, 7) is 2.21. The third-order valence-corrected chi connectivity index (χ3v) is 5.45. The van der Waals surface area contributed by atoms with Crippen LogP contribution >= 0.6 is 0 Å². The van der Waals surface area contributed by atoms with Crippen molar-refractivity contribution in [2.75, 3.05) is 6.54 Å². The number of nitrogens with one attached hydrogen (secondary N) is 1. The molecule has 7 heteroatoms. The molecule has 2 rings (SSSR count). The van der Waals surface area contributed by atoms with E-state index in [1.54, 1.807) is 11.6 Å². The Hall–Kier alpha value is -0.920. The quantitative estimate of drug-likeness (QED) is 0.851.